The van der Waals surface area contributed by atoms with E-state index in [0.29, 0.717) is 17.9 Å². The van der Waals surface area contributed by atoms with Crippen LogP contribution in [0.1, 0.15) is 28.8 Å². The molecule has 160 valence electrons. The van der Waals surface area contributed by atoms with Gasteiger partial charge in [-0.1, -0.05) is 11.6 Å². The molecule has 2 N–H and O–H groups in total. The molecule has 4 rings (SSSR count). The van der Waals surface area contributed by atoms with Gasteiger partial charge in [-0.2, -0.15) is 0 Å². The van der Waals surface area contributed by atoms with Crippen LogP contribution in [-0.2, 0) is 6.42 Å². The van der Waals surface area contributed by atoms with Gasteiger partial charge in [0.25, 0.3) is 5.91 Å². The van der Waals surface area contributed by atoms with Gasteiger partial charge < -0.3 is 24.8 Å². The molecule has 7 nitrogen and oxygen atoms in total. The number of nitrogens with one attached hydrogen (secondary N) is 1. The standard InChI is InChI=1S/C22H26ClN3O4/c1-24-21(28)18-4-7-25-12-20(18)29-14-17(27)13-26-8-5-22(6-9-26)11-15-10-16(23)2-3-19(15)30-22/h2-4,7,10,12,17,27H,5-6,8-9,11,13-14H2,1H3,(H,24,28)/t17-/m0/s1. The molecule has 1 amide bonds. The number of fused-ring (bicyclic) bond motifs is 1. The lowest BCUT2D eigenvalue weighted by Crippen LogP contribution is -2.49. The SMILES string of the molecule is CNC(=O)c1ccncc1OC[C@@H](O)CN1CCC2(CC1)Cc1cc(Cl)ccc1O2. The van der Waals surface area contributed by atoms with E-state index in [0.717, 1.165) is 43.1 Å². The Morgan fingerprint density at radius 3 is 2.97 bits per heavy atom. The quantitative estimate of drug-likeness (QED) is 0.730. The highest BCUT2D eigenvalue weighted by Crippen LogP contribution is 2.41. The van der Waals surface area contributed by atoms with Crippen molar-refractivity contribution in [2.75, 3.05) is 33.3 Å². The lowest BCUT2D eigenvalue weighted by Gasteiger charge is -2.39. The molecule has 8 heteroatoms. The molecular formula is C22H26ClN3O4. The second-order valence-corrected chi connectivity index (χ2v) is 8.37. The molecule has 0 aliphatic carbocycles. The van der Waals surface area contributed by atoms with E-state index in [-0.39, 0.29) is 18.1 Å². The zero-order chi connectivity index (χ0) is 21.1. The lowest BCUT2D eigenvalue weighted by molar-refractivity contribution is -0.00202. The average molecular weight is 432 g/mol. The summed E-state index contributed by atoms with van der Waals surface area (Å²) in [6.07, 6.45) is 5.04. The van der Waals surface area contributed by atoms with Crippen LogP contribution in [0, 0.1) is 0 Å². The number of hydrogen-bond donors (Lipinski definition) is 2. The predicted octanol–water partition coefficient (Wildman–Crippen LogP) is 2.30. The van der Waals surface area contributed by atoms with Crippen LogP contribution in [-0.4, -0.2) is 65.9 Å². The van der Waals surface area contributed by atoms with Crippen LogP contribution >= 0.6 is 11.6 Å². The fourth-order valence-electron chi connectivity index (χ4n) is 4.18. The van der Waals surface area contributed by atoms with Gasteiger partial charge in [-0.05, 0) is 29.8 Å². The van der Waals surface area contributed by atoms with Gasteiger partial charge in [-0.15, -0.1) is 0 Å². The maximum absolute atomic E-state index is 11.9. The zero-order valence-corrected chi connectivity index (χ0v) is 17.7. The number of β-amino-alcohol motifs (C(OH)–C–C–N with tert-alkyl or cyclic N) is 1. The van der Waals surface area contributed by atoms with E-state index in [1.54, 1.807) is 13.1 Å². The van der Waals surface area contributed by atoms with Crippen LogP contribution in [0.4, 0.5) is 0 Å². The van der Waals surface area contributed by atoms with Crippen molar-refractivity contribution in [2.24, 2.45) is 0 Å². The fraction of sp³-hybridized carbons (Fsp3) is 0.455. The highest BCUT2D eigenvalue weighted by atomic mass is 35.5. The summed E-state index contributed by atoms with van der Waals surface area (Å²) >= 11 is 6.11. The van der Waals surface area contributed by atoms with Gasteiger partial charge in [-0.3, -0.25) is 9.78 Å². The maximum Gasteiger partial charge on any atom is 0.254 e. The molecule has 0 unspecified atom stereocenters. The molecule has 0 saturated carbocycles. The number of nitrogens with zero attached hydrogens (tertiary/aromatic N) is 2. The summed E-state index contributed by atoms with van der Waals surface area (Å²) in [5.74, 6) is 1.05. The molecule has 1 saturated heterocycles. The Hall–Kier alpha value is -2.35. The Labute approximate surface area is 181 Å². The average Bonchev–Trinajstić information content (AvgIpc) is 3.10. The number of likely N-dealkylation sites (tertiary alicyclic amines) is 1. The van der Waals surface area contributed by atoms with Gasteiger partial charge >= 0.3 is 0 Å². The number of amides is 1. The molecule has 2 aromatic rings. The van der Waals surface area contributed by atoms with Crippen molar-refractivity contribution < 1.29 is 19.4 Å². The van der Waals surface area contributed by atoms with E-state index >= 15 is 0 Å². The van der Waals surface area contributed by atoms with Gasteiger partial charge in [0.05, 0.1) is 11.8 Å². The number of pyridine rings is 1. The Morgan fingerprint density at radius 1 is 1.40 bits per heavy atom. The highest BCUT2D eigenvalue weighted by Gasteiger charge is 2.42. The van der Waals surface area contributed by atoms with Gasteiger partial charge in [0.2, 0.25) is 0 Å². The summed E-state index contributed by atoms with van der Waals surface area (Å²) in [4.78, 5) is 18.1. The molecule has 1 aromatic heterocycles. The van der Waals surface area contributed by atoms with Crippen molar-refractivity contribution in [3.05, 3.63) is 52.8 Å². The third kappa shape index (κ3) is 4.53. The number of benzene rings is 1. The van der Waals surface area contributed by atoms with Crippen LogP contribution < -0.4 is 14.8 Å². The molecule has 0 bridgehead atoms. The molecule has 2 aliphatic heterocycles. The summed E-state index contributed by atoms with van der Waals surface area (Å²) in [6.45, 7) is 2.28. The summed E-state index contributed by atoms with van der Waals surface area (Å²) in [5, 5.41) is 13.8. The smallest absolute Gasteiger partial charge is 0.254 e. The Balaban J connectivity index is 1.27. The number of hydrogen-bond acceptors (Lipinski definition) is 6. The minimum atomic E-state index is -0.669. The normalized spacial score (nSPS) is 18.5. The second kappa shape index (κ2) is 8.79. The number of aliphatic hydroxyl groups excluding tert-OH is 1. The van der Waals surface area contributed by atoms with Crippen molar-refractivity contribution in [1.29, 1.82) is 0 Å². The number of carbonyl (C=O) groups is 1. The third-order valence-corrected chi connectivity index (χ3v) is 6.02. The van der Waals surface area contributed by atoms with Crippen molar-refractivity contribution in [3.8, 4) is 11.5 Å². The van der Waals surface area contributed by atoms with E-state index in [1.807, 2.05) is 18.2 Å². The predicted molar refractivity (Wildman–Crippen MR) is 113 cm³/mol. The minimum absolute atomic E-state index is 0.0950. The topological polar surface area (TPSA) is 83.9 Å². The first-order valence-electron chi connectivity index (χ1n) is 10.1. The zero-order valence-electron chi connectivity index (χ0n) is 16.9. The molecule has 2 aliphatic rings. The number of carbonyl (C=O) groups excluding carboxylic acids is 1. The van der Waals surface area contributed by atoms with Crippen LogP contribution in [0.5, 0.6) is 11.5 Å². The monoisotopic (exact) mass is 431 g/mol. The van der Waals surface area contributed by atoms with Crippen molar-refractivity contribution in [2.45, 2.75) is 31.0 Å². The second-order valence-electron chi connectivity index (χ2n) is 7.93. The summed E-state index contributed by atoms with van der Waals surface area (Å²) < 4.78 is 12.0. The van der Waals surface area contributed by atoms with E-state index in [4.69, 9.17) is 21.1 Å². The van der Waals surface area contributed by atoms with Crippen LogP contribution in [0.25, 0.3) is 0 Å². The minimum Gasteiger partial charge on any atom is -0.488 e. The summed E-state index contributed by atoms with van der Waals surface area (Å²) in [7, 11) is 1.56. The van der Waals surface area contributed by atoms with Gasteiger partial charge in [0.15, 0.2) is 0 Å². The van der Waals surface area contributed by atoms with E-state index in [9.17, 15) is 9.90 Å². The van der Waals surface area contributed by atoms with Gasteiger partial charge in [0.1, 0.15) is 29.8 Å². The molecule has 1 atom stereocenters. The van der Waals surface area contributed by atoms with Crippen LogP contribution in [0.2, 0.25) is 5.02 Å². The summed E-state index contributed by atoms with van der Waals surface area (Å²) in [6, 6.07) is 7.40. The number of ether oxygens (including phenoxy) is 2. The largest absolute Gasteiger partial charge is 0.488 e. The first-order chi connectivity index (χ1) is 14.5. The Bertz CT molecular complexity index is 915. The summed E-state index contributed by atoms with van der Waals surface area (Å²) in [5.41, 5.74) is 1.41. The van der Waals surface area contributed by atoms with Crippen LogP contribution in [0.3, 0.4) is 0 Å². The number of halogens is 1. The molecule has 1 fully saturated rings. The van der Waals surface area contributed by atoms with Gasteiger partial charge in [0, 0.05) is 57.2 Å². The Morgan fingerprint density at radius 2 is 2.20 bits per heavy atom. The maximum atomic E-state index is 11.9. The van der Waals surface area contributed by atoms with Crippen LogP contribution in [0.15, 0.2) is 36.7 Å². The van der Waals surface area contributed by atoms with Crippen molar-refractivity contribution in [1.82, 2.24) is 15.2 Å². The third-order valence-electron chi connectivity index (χ3n) is 5.79. The number of piperidine rings is 1. The lowest BCUT2D eigenvalue weighted by atomic mass is 9.87. The molecule has 0 radical (unpaired) electrons. The molecule has 3 heterocycles. The highest BCUT2D eigenvalue weighted by molar-refractivity contribution is 6.30. The van der Waals surface area contributed by atoms with E-state index < -0.39 is 6.10 Å². The Kier molecular flexibility index (Phi) is 6.13. The number of aliphatic hydroxyl groups is 1. The molecule has 1 aromatic carbocycles. The molecule has 1 spiro atoms. The van der Waals surface area contributed by atoms with E-state index in [2.05, 4.69) is 15.2 Å². The van der Waals surface area contributed by atoms with Crippen molar-refractivity contribution in [3.63, 3.8) is 0 Å². The van der Waals surface area contributed by atoms with E-state index in [1.165, 1.54) is 18.0 Å². The first kappa shape index (κ1) is 20.9. The van der Waals surface area contributed by atoms with Crippen molar-refractivity contribution >= 4 is 17.5 Å². The molecular weight excluding hydrogens is 406 g/mol. The van der Waals surface area contributed by atoms with Gasteiger partial charge in [-0.25, -0.2) is 0 Å². The first-order valence-corrected chi connectivity index (χ1v) is 10.5. The molecule has 30 heavy (non-hydrogen) atoms. The number of aromatic nitrogens is 1. The number of rotatable bonds is 6. The fourth-order valence-corrected chi connectivity index (χ4v) is 4.37.